The summed E-state index contributed by atoms with van der Waals surface area (Å²) in [7, 11) is 0. The first-order valence-electron chi connectivity index (χ1n) is 8.06. The molecule has 26 heavy (non-hydrogen) atoms. The summed E-state index contributed by atoms with van der Waals surface area (Å²) < 4.78 is 11.2. The number of ketones is 2. The van der Waals surface area contributed by atoms with Crippen LogP contribution in [0.5, 0.6) is 5.75 Å². The van der Waals surface area contributed by atoms with E-state index < -0.39 is 17.8 Å². The maximum absolute atomic E-state index is 12.7. The molecule has 0 spiro atoms. The minimum atomic E-state index is -1.17. The third-order valence-corrected chi connectivity index (χ3v) is 3.93. The first-order valence-corrected chi connectivity index (χ1v) is 8.06. The second-order valence-corrected chi connectivity index (χ2v) is 5.83. The minimum absolute atomic E-state index is 0.0478. The van der Waals surface area contributed by atoms with Crippen LogP contribution in [-0.4, -0.2) is 22.7 Å². The summed E-state index contributed by atoms with van der Waals surface area (Å²) in [6, 6.07) is 15.5. The molecule has 0 amide bonds. The Hall–Kier alpha value is -3.46. The van der Waals surface area contributed by atoms with E-state index in [4.69, 9.17) is 9.15 Å². The SMILES string of the molecule is CC(=O)c1cccc(O[C@H](C)C(=O)[C@H](C#N)c2nc3ccccc3o2)c1. The van der Waals surface area contributed by atoms with E-state index in [0.717, 1.165) is 0 Å². The maximum atomic E-state index is 12.7. The Morgan fingerprint density at radius 2 is 1.96 bits per heavy atom. The van der Waals surface area contributed by atoms with Gasteiger partial charge >= 0.3 is 0 Å². The molecule has 0 radical (unpaired) electrons. The standard InChI is InChI=1S/C20H16N2O4/c1-12(23)14-6-5-7-15(10-14)25-13(2)19(24)16(11-21)20-22-17-8-3-4-9-18(17)26-20/h3-10,13,16H,1-2H3/t13-,16+/m1/s1. The Kier molecular flexibility index (Phi) is 4.81. The zero-order valence-corrected chi connectivity index (χ0v) is 14.3. The summed E-state index contributed by atoms with van der Waals surface area (Å²) in [6.45, 7) is 3.00. The molecule has 2 atom stereocenters. The number of fused-ring (bicyclic) bond motifs is 1. The molecule has 3 rings (SSSR count). The molecule has 0 saturated heterocycles. The van der Waals surface area contributed by atoms with E-state index in [0.29, 0.717) is 22.4 Å². The number of carbonyl (C=O) groups is 2. The average Bonchev–Trinajstić information content (AvgIpc) is 3.06. The lowest BCUT2D eigenvalue weighted by Gasteiger charge is -2.15. The van der Waals surface area contributed by atoms with E-state index in [1.807, 2.05) is 6.07 Å². The van der Waals surface area contributed by atoms with Gasteiger partial charge in [0.05, 0.1) is 6.07 Å². The van der Waals surface area contributed by atoms with Gasteiger partial charge in [0.1, 0.15) is 11.3 Å². The van der Waals surface area contributed by atoms with Crippen molar-refractivity contribution >= 4 is 22.7 Å². The van der Waals surface area contributed by atoms with Gasteiger partial charge in [-0.3, -0.25) is 9.59 Å². The van der Waals surface area contributed by atoms with Gasteiger partial charge in [-0.25, -0.2) is 4.98 Å². The van der Waals surface area contributed by atoms with Crippen LogP contribution >= 0.6 is 0 Å². The van der Waals surface area contributed by atoms with E-state index in [2.05, 4.69) is 4.98 Å². The fourth-order valence-corrected chi connectivity index (χ4v) is 2.54. The Bertz CT molecular complexity index is 983. The fraction of sp³-hybridized carbons (Fsp3) is 0.200. The number of hydrogen-bond acceptors (Lipinski definition) is 6. The molecular formula is C20H16N2O4. The first-order chi connectivity index (χ1) is 12.5. The van der Waals surface area contributed by atoms with Crippen molar-refractivity contribution in [2.45, 2.75) is 25.9 Å². The number of nitrogens with zero attached hydrogens (tertiary/aromatic N) is 2. The summed E-state index contributed by atoms with van der Waals surface area (Å²) >= 11 is 0. The van der Waals surface area contributed by atoms with Crippen LogP contribution in [0.3, 0.4) is 0 Å². The van der Waals surface area contributed by atoms with Crippen molar-refractivity contribution in [1.82, 2.24) is 4.98 Å². The number of para-hydroxylation sites is 2. The second-order valence-electron chi connectivity index (χ2n) is 5.83. The number of hydrogen-bond donors (Lipinski definition) is 0. The molecule has 0 fully saturated rings. The van der Waals surface area contributed by atoms with E-state index in [-0.39, 0.29) is 11.7 Å². The number of carbonyl (C=O) groups excluding carboxylic acids is 2. The van der Waals surface area contributed by atoms with Crippen LogP contribution in [0.15, 0.2) is 52.9 Å². The Morgan fingerprint density at radius 1 is 1.19 bits per heavy atom. The predicted molar refractivity (Wildman–Crippen MR) is 93.9 cm³/mol. The lowest BCUT2D eigenvalue weighted by Crippen LogP contribution is -2.29. The monoisotopic (exact) mass is 348 g/mol. The summed E-state index contributed by atoms with van der Waals surface area (Å²) in [5.74, 6) is -1.31. The van der Waals surface area contributed by atoms with Crippen molar-refractivity contribution in [2.75, 3.05) is 0 Å². The van der Waals surface area contributed by atoms with Crippen LogP contribution in [-0.2, 0) is 4.79 Å². The van der Waals surface area contributed by atoms with Crippen LogP contribution in [0.1, 0.15) is 36.0 Å². The lowest BCUT2D eigenvalue weighted by molar-refractivity contribution is -0.125. The maximum Gasteiger partial charge on any atom is 0.220 e. The highest BCUT2D eigenvalue weighted by molar-refractivity contribution is 5.94. The molecule has 6 nitrogen and oxygen atoms in total. The Labute approximate surface area is 150 Å². The van der Waals surface area contributed by atoms with Crippen molar-refractivity contribution in [3.05, 3.63) is 60.0 Å². The van der Waals surface area contributed by atoms with Gasteiger partial charge in [-0.05, 0) is 38.1 Å². The van der Waals surface area contributed by atoms with Crippen LogP contribution in [0, 0.1) is 11.3 Å². The van der Waals surface area contributed by atoms with Gasteiger partial charge in [0.25, 0.3) is 0 Å². The fourth-order valence-electron chi connectivity index (χ4n) is 2.54. The number of Topliss-reactive ketones (excluding diaryl/α,β-unsaturated/α-hetero) is 2. The van der Waals surface area contributed by atoms with E-state index in [1.54, 1.807) is 55.5 Å². The molecule has 0 unspecified atom stereocenters. The van der Waals surface area contributed by atoms with E-state index in [1.165, 1.54) is 6.92 Å². The van der Waals surface area contributed by atoms with Gasteiger partial charge in [0.2, 0.25) is 5.89 Å². The number of ether oxygens (including phenoxy) is 1. The van der Waals surface area contributed by atoms with E-state index >= 15 is 0 Å². The van der Waals surface area contributed by atoms with Crippen LogP contribution < -0.4 is 4.74 Å². The predicted octanol–water partition coefficient (Wildman–Crippen LogP) is 3.67. The summed E-state index contributed by atoms with van der Waals surface area (Å²) in [4.78, 5) is 28.3. The molecule has 3 aromatic rings. The van der Waals surface area contributed by atoms with Gasteiger partial charge in [0, 0.05) is 5.56 Å². The number of benzene rings is 2. The van der Waals surface area contributed by atoms with Gasteiger partial charge in [-0.1, -0.05) is 24.3 Å². The molecule has 0 aliphatic carbocycles. The second kappa shape index (κ2) is 7.19. The zero-order valence-electron chi connectivity index (χ0n) is 14.3. The van der Waals surface area contributed by atoms with Crippen molar-refractivity contribution in [2.24, 2.45) is 0 Å². The number of aromatic nitrogens is 1. The quantitative estimate of drug-likeness (QED) is 0.631. The number of oxazole rings is 1. The average molecular weight is 348 g/mol. The molecule has 6 heteroatoms. The third kappa shape index (κ3) is 3.47. The van der Waals surface area contributed by atoms with Crippen molar-refractivity contribution < 1.29 is 18.7 Å². The largest absolute Gasteiger partial charge is 0.483 e. The third-order valence-electron chi connectivity index (χ3n) is 3.93. The summed E-state index contributed by atoms with van der Waals surface area (Å²) in [5, 5.41) is 9.44. The molecule has 0 N–H and O–H groups in total. The van der Waals surface area contributed by atoms with Crippen LogP contribution in [0.4, 0.5) is 0 Å². The van der Waals surface area contributed by atoms with Gasteiger partial charge in [-0.15, -0.1) is 0 Å². The highest BCUT2D eigenvalue weighted by Crippen LogP contribution is 2.24. The smallest absolute Gasteiger partial charge is 0.220 e. The number of rotatable bonds is 6. The molecule has 0 aliphatic heterocycles. The van der Waals surface area contributed by atoms with Gasteiger partial charge in [0.15, 0.2) is 29.2 Å². The topological polar surface area (TPSA) is 93.2 Å². The first kappa shape index (κ1) is 17.4. The highest BCUT2D eigenvalue weighted by Gasteiger charge is 2.31. The van der Waals surface area contributed by atoms with Gasteiger partial charge in [-0.2, -0.15) is 5.26 Å². The molecule has 1 heterocycles. The van der Waals surface area contributed by atoms with Crippen molar-refractivity contribution in [3.8, 4) is 11.8 Å². The van der Waals surface area contributed by atoms with E-state index in [9.17, 15) is 14.9 Å². The lowest BCUT2D eigenvalue weighted by atomic mass is 10.0. The highest BCUT2D eigenvalue weighted by atomic mass is 16.5. The molecule has 0 aliphatic rings. The van der Waals surface area contributed by atoms with Crippen LogP contribution in [0.2, 0.25) is 0 Å². The minimum Gasteiger partial charge on any atom is -0.483 e. The van der Waals surface area contributed by atoms with Crippen molar-refractivity contribution in [3.63, 3.8) is 0 Å². The summed E-state index contributed by atoms with van der Waals surface area (Å²) in [6.07, 6.45) is -0.906. The molecule has 0 saturated carbocycles. The Balaban J connectivity index is 1.81. The normalized spacial score (nSPS) is 13.0. The molecule has 130 valence electrons. The molecule has 2 aromatic carbocycles. The van der Waals surface area contributed by atoms with Gasteiger partial charge < -0.3 is 9.15 Å². The zero-order chi connectivity index (χ0) is 18.7. The number of nitriles is 1. The molecule has 0 bridgehead atoms. The summed E-state index contributed by atoms with van der Waals surface area (Å²) in [5.41, 5.74) is 1.58. The van der Waals surface area contributed by atoms with Crippen molar-refractivity contribution in [1.29, 1.82) is 5.26 Å². The Morgan fingerprint density at radius 3 is 2.65 bits per heavy atom. The molecule has 1 aromatic heterocycles. The van der Waals surface area contributed by atoms with Crippen LogP contribution in [0.25, 0.3) is 11.1 Å². The molecular weight excluding hydrogens is 332 g/mol.